The van der Waals surface area contributed by atoms with E-state index in [1.807, 2.05) is 50.1 Å². The highest BCUT2D eigenvalue weighted by molar-refractivity contribution is 5.93. The number of benzene rings is 1. The Labute approximate surface area is 149 Å². The molecule has 1 aromatic carbocycles. The summed E-state index contributed by atoms with van der Waals surface area (Å²) in [5.41, 5.74) is 3.36. The molecule has 0 saturated carbocycles. The Morgan fingerprint density at radius 3 is 2.72 bits per heavy atom. The van der Waals surface area contributed by atoms with Crippen molar-refractivity contribution in [3.8, 4) is 5.69 Å². The average Bonchev–Trinajstić information content (AvgIpc) is 3.01. The van der Waals surface area contributed by atoms with Crippen LogP contribution in [0, 0.1) is 19.8 Å². The molecule has 0 aliphatic carbocycles. The first-order valence-corrected chi connectivity index (χ1v) is 9.03. The zero-order chi connectivity index (χ0) is 17.8. The molecule has 0 bridgehead atoms. The van der Waals surface area contributed by atoms with Gasteiger partial charge in [0, 0.05) is 13.1 Å². The molecule has 1 aliphatic rings. The maximum atomic E-state index is 12.9. The summed E-state index contributed by atoms with van der Waals surface area (Å²) in [5, 5.41) is 11.6. The van der Waals surface area contributed by atoms with Crippen molar-refractivity contribution in [2.75, 3.05) is 26.7 Å². The Morgan fingerprint density at radius 2 is 2.04 bits per heavy atom. The molecule has 1 aliphatic heterocycles. The monoisotopic (exact) mass is 341 g/mol. The SMILES string of the molecule is CNCCC1CCN(C(=O)c2nnn(-c3cccc(C)c3)c2C)CC1. The first-order chi connectivity index (χ1) is 12.1. The van der Waals surface area contributed by atoms with Gasteiger partial charge >= 0.3 is 0 Å². The highest BCUT2D eigenvalue weighted by Gasteiger charge is 2.27. The summed E-state index contributed by atoms with van der Waals surface area (Å²) in [5.74, 6) is 0.712. The van der Waals surface area contributed by atoms with Crippen LogP contribution in [0.1, 0.15) is 41.0 Å². The zero-order valence-electron chi connectivity index (χ0n) is 15.3. The summed E-state index contributed by atoms with van der Waals surface area (Å²) in [7, 11) is 1.99. The van der Waals surface area contributed by atoms with E-state index in [9.17, 15) is 4.79 Å². The molecule has 0 atom stereocenters. The van der Waals surface area contributed by atoms with Crippen molar-refractivity contribution >= 4 is 5.91 Å². The molecule has 3 rings (SSSR count). The minimum atomic E-state index is 0.00321. The van der Waals surface area contributed by atoms with Gasteiger partial charge in [0.15, 0.2) is 5.69 Å². The summed E-state index contributed by atoms with van der Waals surface area (Å²) >= 11 is 0. The molecule has 1 N–H and O–H groups in total. The van der Waals surface area contributed by atoms with Crippen LogP contribution in [-0.4, -0.2) is 52.5 Å². The fourth-order valence-electron chi connectivity index (χ4n) is 3.45. The predicted octanol–water partition coefficient (Wildman–Crippen LogP) is 2.35. The van der Waals surface area contributed by atoms with E-state index in [-0.39, 0.29) is 5.91 Å². The Hall–Kier alpha value is -2.21. The number of rotatable bonds is 5. The fraction of sp³-hybridized carbons (Fsp3) is 0.526. The Morgan fingerprint density at radius 1 is 1.28 bits per heavy atom. The maximum absolute atomic E-state index is 12.9. The topological polar surface area (TPSA) is 63.1 Å². The van der Waals surface area contributed by atoms with Gasteiger partial charge in [-0.3, -0.25) is 4.79 Å². The van der Waals surface area contributed by atoms with Crippen LogP contribution in [0.4, 0.5) is 0 Å². The molecule has 6 heteroatoms. The molecule has 1 aromatic heterocycles. The molecule has 25 heavy (non-hydrogen) atoms. The molecular formula is C19H27N5O. The number of piperidine rings is 1. The van der Waals surface area contributed by atoms with Crippen molar-refractivity contribution in [3.63, 3.8) is 0 Å². The van der Waals surface area contributed by atoms with Crippen LogP contribution >= 0.6 is 0 Å². The van der Waals surface area contributed by atoms with Crippen molar-refractivity contribution in [1.82, 2.24) is 25.2 Å². The molecule has 1 saturated heterocycles. The molecule has 2 heterocycles. The van der Waals surface area contributed by atoms with E-state index in [4.69, 9.17) is 0 Å². The van der Waals surface area contributed by atoms with Crippen molar-refractivity contribution in [3.05, 3.63) is 41.2 Å². The maximum Gasteiger partial charge on any atom is 0.276 e. The van der Waals surface area contributed by atoms with Gasteiger partial charge in [-0.2, -0.15) is 0 Å². The van der Waals surface area contributed by atoms with Crippen LogP contribution in [0.3, 0.4) is 0 Å². The van der Waals surface area contributed by atoms with E-state index in [0.717, 1.165) is 49.4 Å². The number of nitrogens with zero attached hydrogens (tertiary/aromatic N) is 4. The number of hydrogen-bond donors (Lipinski definition) is 1. The molecule has 2 aromatic rings. The van der Waals surface area contributed by atoms with Gasteiger partial charge in [-0.25, -0.2) is 4.68 Å². The largest absolute Gasteiger partial charge is 0.337 e. The van der Waals surface area contributed by atoms with Crippen LogP contribution in [0.25, 0.3) is 5.69 Å². The molecule has 1 amide bonds. The number of nitrogens with one attached hydrogen (secondary N) is 1. The van der Waals surface area contributed by atoms with Gasteiger partial charge in [0.25, 0.3) is 5.91 Å². The number of amides is 1. The molecular weight excluding hydrogens is 314 g/mol. The van der Waals surface area contributed by atoms with Crippen LogP contribution in [0.5, 0.6) is 0 Å². The smallest absolute Gasteiger partial charge is 0.276 e. The van der Waals surface area contributed by atoms with Crippen LogP contribution < -0.4 is 5.32 Å². The van der Waals surface area contributed by atoms with Crippen molar-refractivity contribution in [2.45, 2.75) is 33.1 Å². The summed E-state index contributed by atoms with van der Waals surface area (Å²) in [6.45, 7) is 6.62. The van der Waals surface area contributed by atoms with Gasteiger partial charge in [-0.05, 0) is 70.3 Å². The van der Waals surface area contributed by atoms with E-state index in [1.54, 1.807) is 4.68 Å². The molecule has 0 radical (unpaired) electrons. The third-order valence-electron chi connectivity index (χ3n) is 5.05. The fourth-order valence-corrected chi connectivity index (χ4v) is 3.45. The highest BCUT2D eigenvalue weighted by Crippen LogP contribution is 2.22. The third-order valence-corrected chi connectivity index (χ3v) is 5.05. The molecule has 0 unspecified atom stereocenters. The molecule has 1 fully saturated rings. The average molecular weight is 341 g/mol. The van der Waals surface area contributed by atoms with Crippen LogP contribution in [0.15, 0.2) is 24.3 Å². The standard InChI is InChI=1S/C19H27N5O/c1-14-5-4-6-17(13-14)24-15(2)18(21-22-24)19(25)23-11-8-16(9-12-23)7-10-20-3/h4-6,13,16,20H,7-12H2,1-3H3. The Kier molecular flexibility index (Phi) is 5.48. The zero-order valence-corrected chi connectivity index (χ0v) is 15.3. The van der Waals surface area contributed by atoms with Crippen molar-refractivity contribution in [1.29, 1.82) is 0 Å². The summed E-state index contributed by atoms with van der Waals surface area (Å²) in [4.78, 5) is 14.8. The normalized spacial score (nSPS) is 15.6. The molecule has 0 spiro atoms. The number of carbonyl (C=O) groups excluding carboxylic acids is 1. The van der Waals surface area contributed by atoms with Gasteiger partial charge in [-0.15, -0.1) is 5.10 Å². The van der Waals surface area contributed by atoms with Crippen LogP contribution in [-0.2, 0) is 0 Å². The minimum Gasteiger partial charge on any atom is -0.337 e. The first kappa shape index (κ1) is 17.6. The first-order valence-electron chi connectivity index (χ1n) is 9.03. The van der Waals surface area contributed by atoms with E-state index in [2.05, 4.69) is 15.6 Å². The summed E-state index contributed by atoms with van der Waals surface area (Å²) in [6.07, 6.45) is 3.32. The van der Waals surface area contributed by atoms with Gasteiger partial charge in [-0.1, -0.05) is 17.3 Å². The van der Waals surface area contributed by atoms with E-state index < -0.39 is 0 Å². The highest BCUT2D eigenvalue weighted by atomic mass is 16.2. The lowest BCUT2D eigenvalue weighted by molar-refractivity contribution is 0.0680. The van der Waals surface area contributed by atoms with Crippen molar-refractivity contribution in [2.24, 2.45) is 5.92 Å². The van der Waals surface area contributed by atoms with Crippen molar-refractivity contribution < 1.29 is 4.79 Å². The minimum absolute atomic E-state index is 0.00321. The number of carbonyl (C=O) groups is 1. The van der Waals surface area contributed by atoms with Gasteiger partial charge in [0.1, 0.15) is 0 Å². The van der Waals surface area contributed by atoms with E-state index >= 15 is 0 Å². The van der Waals surface area contributed by atoms with E-state index in [0.29, 0.717) is 11.6 Å². The number of aryl methyl sites for hydroxylation is 1. The summed E-state index contributed by atoms with van der Waals surface area (Å²) in [6, 6.07) is 8.06. The van der Waals surface area contributed by atoms with Crippen LogP contribution in [0.2, 0.25) is 0 Å². The molecule has 134 valence electrons. The lowest BCUT2D eigenvalue weighted by atomic mass is 9.93. The lowest BCUT2D eigenvalue weighted by Crippen LogP contribution is -2.39. The Bertz CT molecular complexity index is 731. The number of hydrogen-bond acceptors (Lipinski definition) is 4. The quantitative estimate of drug-likeness (QED) is 0.907. The van der Waals surface area contributed by atoms with Gasteiger partial charge in [0.2, 0.25) is 0 Å². The Balaban J connectivity index is 1.70. The third kappa shape index (κ3) is 3.90. The van der Waals surface area contributed by atoms with Gasteiger partial charge < -0.3 is 10.2 Å². The van der Waals surface area contributed by atoms with Gasteiger partial charge in [0.05, 0.1) is 11.4 Å². The second-order valence-corrected chi connectivity index (χ2v) is 6.90. The number of aromatic nitrogens is 3. The lowest BCUT2D eigenvalue weighted by Gasteiger charge is -2.31. The van der Waals surface area contributed by atoms with E-state index in [1.165, 1.54) is 6.42 Å². The molecule has 6 nitrogen and oxygen atoms in total. The second kappa shape index (κ2) is 7.78. The second-order valence-electron chi connectivity index (χ2n) is 6.90. The summed E-state index contributed by atoms with van der Waals surface area (Å²) < 4.78 is 1.75. The predicted molar refractivity (Wildman–Crippen MR) is 98.0 cm³/mol. The number of likely N-dealkylation sites (tertiary alicyclic amines) is 1.